The van der Waals surface area contributed by atoms with E-state index in [1.54, 1.807) is 29.8 Å². The number of nitrogens with one attached hydrogen (secondary N) is 5. The van der Waals surface area contributed by atoms with Crippen molar-refractivity contribution in [2.45, 2.75) is 110 Å². The Bertz CT molecular complexity index is 3900. The Labute approximate surface area is 541 Å². The number of thiazole rings is 6. The summed E-state index contributed by atoms with van der Waals surface area (Å²) in [6.07, 6.45) is 5.51. The summed E-state index contributed by atoms with van der Waals surface area (Å²) in [7, 11) is 2.96. The summed E-state index contributed by atoms with van der Waals surface area (Å²) in [5, 5.41) is 41.9. The Balaban J connectivity index is 0.000000980. The summed E-state index contributed by atoms with van der Waals surface area (Å²) in [4.78, 5) is 140. The number of carboxylic acid groups (broad SMARTS) is 2. The van der Waals surface area contributed by atoms with Crippen molar-refractivity contribution in [3.05, 3.63) is 111 Å². The average molecular weight is 1340 g/mol. The quantitative estimate of drug-likeness (QED) is 0.0532. The monoisotopic (exact) mass is 1340 g/mol. The lowest BCUT2D eigenvalue weighted by molar-refractivity contribution is -0.143. The second-order valence-electron chi connectivity index (χ2n) is 21.4. The zero-order valence-electron chi connectivity index (χ0n) is 49.8. The number of rotatable bonds is 14. The molecule has 1 aliphatic heterocycles. The molecule has 8 aromatic rings. The Kier molecular flexibility index (Phi) is 22.5. The van der Waals surface area contributed by atoms with Crippen molar-refractivity contribution < 1.29 is 53.3 Å². The summed E-state index contributed by atoms with van der Waals surface area (Å²) in [5.41, 5.74) is 3.41. The normalized spacial score (nSPS) is 16.6. The number of ether oxygens (including phenoxy) is 1. The zero-order chi connectivity index (χ0) is 64.2. The predicted molar refractivity (Wildman–Crippen MR) is 345 cm³/mol. The maximum absolute atomic E-state index is 14.3. The maximum atomic E-state index is 14.3. The third-order valence-electron chi connectivity index (χ3n) is 14.5. The molecule has 24 nitrogen and oxygen atoms in total. The number of hydrogen-bond acceptors (Lipinski definition) is 22. The molecule has 2 aliphatic rings. The molecule has 472 valence electrons. The number of anilines is 1. The molecule has 10 rings (SSSR count). The smallest absolute Gasteiger partial charge is 0.306 e. The van der Waals surface area contributed by atoms with E-state index >= 15 is 0 Å². The standard InChI is InChI=1S/C53H53N13O9S6.C7H12O2/c1-25(2)41-53-65-44(36(81-53)20-75-6)46(73)55-19-39(69)56-31(17-28-11-8-7-9-12-28)50-61-35(23-78-50)51-59-33(21-77-51)43-29(14-15-30(57-43)49-62-37(24-79-49)66(27(4)67)16-10-13-40(70)71)48-60-34(22-76-48)45(72)58-32(18-38(68)54-5)52-64-42(26(3)80-52)47(74)63-41;8-7(9)6-4-2-1-3-5-6/h7-9,11-12,14-15,21-25,31-32,41H,10,13,16-20H2,1-6H3,(H,54,68)(H,55,73)(H,56,69)(H,58,72)(H,63,74)(H,70,71);6H,1-5H2,(H,8,9)/t31?,32-,41?;/m0./s1. The first kappa shape index (κ1) is 66.3. The molecule has 0 spiro atoms. The van der Waals surface area contributed by atoms with Gasteiger partial charge in [0.05, 0.1) is 54.2 Å². The van der Waals surface area contributed by atoms with Gasteiger partial charge in [0.15, 0.2) is 0 Å². The fourth-order valence-electron chi connectivity index (χ4n) is 9.84. The van der Waals surface area contributed by atoms with Gasteiger partial charge in [-0.25, -0.2) is 34.9 Å². The van der Waals surface area contributed by atoms with Crippen LogP contribution in [0.25, 0.3) is 43.4 Å². The van der Waals surface area contributed by atoms with Crippen LogP contribution in [0, 0.1) is 18.8 Å². The minimum absolute atomic E-state index is 0.0289. The summed E-state index contributed by atoms with van der Waals surface area (Å²) >= 11 is 7.44. The molecule has 10 bridgehead atoms. The summed E-state index contributed by atoms with van der Waals surface area (Å²) in [6, 6.07) is 10.9. The third-order valence-corrected chi connectivity index (χ3v) is 20.2. The molecular formula is C60H65N13O11S6. The first-order valence-corrected chi connectivity index (χ1v) is 33.9. The van der Waals surface area contributed by atoms with Gasteiger partial charge < -0.3 is 41.5 Å². The Morgan fingerprint density at radius 3 is 2.10 bits per heavy atom. The van der Waals surface area contributed by atoms with Gasteiger partial charge in [0, 0.05) is 66.0 Å². The molecule has 6 amide bonds. The van der Waals surface area contributed by atoms with E-state index < -0.39 is 66.1 Å². The molecule has 1 aromatic carbocycles. The molecular weight excluding hydrogens is 1270 g/mol. The van der Waals surface area contributed by atoms with E-state index in [9.17, 15) is 43.5 Å². The number of amides is 6. The SMILES string of the molecule is CNC(=O)C[C@@H]1NC(=O)c2csc(n2)-c2ccc(-c3nc(N(CCCC(=O)O)C(C)=O)cs3)nc2-c2csc(n2)-c2csc(n2)C(Cc2ccccc2)NC(=O)CNC(=O)c2nc(sc2COC)C(C(C)C)NC(=O)c2nc1sc2C.O=C(O)C1CCCCC1. The van der Waals surface area contributed by atoms with Gasteiger partial charge in [0.1, 0.15) is 70.0 Å². The fraction of sp³-hybridized carbons (Fsp3) is 0.383. The first-order valence-electron chi connectivity index (χ1n) is 28.7. The van der Waals surface area contributed by atoms with Gasteiger partial charge >= 0.3 is 11.9 Å². The Hall–Kier alpha value is -8.13. The summed E-state index contributed by atoms with van der Waals surface area (Å²) in [5.74, 6) is -4.42. The van der Waals surface area contributed by atoms with E-state index in [0.717, 1.165) is 42.6 Å². The second-order valence-corrected chi connectivity index (χ2v) is 27.2. The van der Waals surface area contributed by atoms with E-state index in [0.29, 0.717) is 80.4 Å². The van der Waals surface area contributed by atoms with E-state index in [-0.39, 0.29) is 67.2 Å². The van der Waals surface area contributed by atoms with Crippen LogP contribution in [0.4, 0.5) is 5.82 Å². The predicted octanol–water partition coefficient (Wildman–Crippen LogP) is 9.69. The summed E-state index contributed by atoms with van der Waals surface area (Å²) < 4.78 is 5.46. The highest BCUT2D eigenvalue weighted by Gasteiger charge is 2.32. The third kappa shape index (κ3) is 16.6. The maximum Gasteiger partial charge on any atom is 0.306 e. The van der Waals surface area contributed by atoms with Crippen molar-refractivity contribution >= 4 is 121 Å². The molecule has 1 aliphatic carbocycles. The lowest BCUT2D eigenvalue weighted by Gasteiger charge is -2.20. The van der Waals surface area contributed by atoms with Gasteiger partial charge in [-0.1, -0.05) is 63.4 Å². The number of benzene rings is 1. The first-order chi connectivity index (χ1) is 43.3. The molecule has 90 heavy (non-hydrogen) atoms. The van der Waals surface area contributed by atoms with Crippen molar-refractivity contribution in [1.29, 1.82) is 0 Å². The van der Waals surface area contributed by atoms with E-state index in [4.69, 9.17) is 44.7 Å². The molecule has 1 saturated carbocycles. The van der Waals surface area contributed by atoms with Crippen LogP contribution in [0.2, 0.25) is 0 Å². The molecule has 1 fully saturated rings. The van der Waals surface area contributed by atoms with Gasteiger partial charge in [-0.2, -0.15) is 0 Å². The topological polar surface area (TPSA) is 340 Å². The van der Waals surface area contributed by atoms with Crippen molar-refractivity contribution in [3.63, 3.8) is 0 Å². The highest BCUT2D eigenvalue weighted by atomic mass is 32.1. The van der Waals surface area contributed by atoms with Crippen LogP contribution >= 0.6 is 68.0 Å². The van der Waals surface area contributed by atoms with Gasteiger partial charge in [0.2, 0.25) is 17.7 Å². The number of carbonyl (C=O) groups is 8. The minimum Gasteiger partial charge on any atom is -0.481 e. The van der Waals surface area contributed by atoms with E-state index in [1.165, 1.54) is 89.1 Å². The van der Waals surface area contributed by atoms with Crippen LogP contribution < -0.4 is 31.5 Å². The van der Waals surface area contributed by atoms with Gasteiger partial charge in [-0.15, -0.1) is 68.0 Å². The molecule has 30 heteroatoms. The lowest BCUT2D eigenvalue weighted by Crippen LogP contribution is -2.39. The number of pyridine rings is 1. The fourth-order valence-corrected chi connectivity index (χ4v) is 15.4. The van der Waals surface area contributed by atoms with E-state index in [1.807, 2.05) is 54.9 Å². The number of aromatic nitrogens is 7. The van der Waals surface area contributed by atoms with Gasteiger partial charge in [0.25, 0.3) is 17.7 Å². The Morgan fingerprint density at radius 2 is 1.40 bits per heavy atom. The molecule has 0 radical (unpaired) electrons. The van der Waals surface area contributed by atoms with Crippen LogP contribution in [-0.4, -0.2) is 120 Å². The van der Waals surface area contributed by atoms with Crippen LogP contribution in [0.1, 0.15) is 152 Å². The number of carbonyl (C=O) groups excluding carboxylic acids is 6. The number of aryl methyl sites for hydroxylation is 1. The van der Waals surface area contributed by atoms with E-state index in [2.05, 4.69) is 26.6 Å². The molecule has 7 N–H and O–H groups in total. The number of hydrogen-bond donors (Lipinski definition) is 7. The van der Waals surface area contributed by atoms with Crippen LogP contribution in [0.5, 0.6) is 0 Å². The molecule has 7 aromatic heterocycles. The van der Waals surface area contributed by atoms with Crippen molar-refractivity contribution in [2.24, 2.45) is 11.8 Å². The van der Waals surface area contributed by atoms with Crippen LogP contribution in [0.3, 0.4) is 0 Å². The lowest BCUT2D eigenvalue weighted by atomic mass is 9.90. The van der Waals surface area contributed by atoms with Crippen molar-refractivity contribution in [3.8, 4) is 43.4 Å². The zero-order valence-corrected chi connectivity index (χ0v) is 54.7. The molecule has 0 saturated heterocycles. The molecule has 3 atom stereocenters. The molecule has 2 unspecified atom stereocenters. The number of methoxy groups -OCH3 is 1. The second kappa shape index (κ2) is 30.6. The van der Waals surface area contributed by atoms with Crippen LogP contribution in [0.15, 0.2) is 64.0 Å². The van der Waals surface area contributed by atoms with Gasteiger partial charge in [-0.05, 0) is 56.2 Å². The highest BCUT2D eigenvalue weighted by Crippen LogP contribution is 2.40. The number of carboxylic acids is 2. The summed E-state index contributed by atoms with van der Waals surface area (Å²) in [6.45, 7) is 6.68. The highest BCUT2D eigenvalue weighted by molar-refractivity contribution is 7.15. The number of fused-ring (bicyclic) bond motifs is 14. The van der Waals surface area contributed by atoms with Crippen molar-refractivity contribution in [2.75, 3.05) is 32.1 Å². The molecule has 8 heterocycles. The minimum atomic E-state index is -0.979. The number of nitrogens with zero attached hydrogens (tertiary/aromatic N) is 8. The number of aliphatic carboxylic acids is 2. The Morgan fingerprint density at radius 1 is 0.700 bits per heavy atom. The largest absolute Gasteiger partial charge is 0.481 e. The van der Waals surface area contributed by atoms with Crippen LogP contribution in [-0.2, 0) is 41.7 Å². The van der Waals surface area contributed by atoms with Gasteiger partial charge in [-0.3, -0.25) is 43.3 Å². The average Bonchev–Trinajstić information content (AvgIpc) is 2.10. The van der Waals surface area contributed by atoms with Crippen molar-refractivity contribution in [1.82, 2.24) is 61.5 Å².